The van der Waals surface area contributed by atoms with Crippen molar-refractivity contribution in [1.29, 1.82) is 0 Å². The van der Waals surface area contributed by atoms with Crippen LogP contribution in [0.5, 0.6) is 0 Å². The minimum absolute atomic E-state index is 0.181. The van der Waals surface area contributed by atoms with Gasteiger partial charge >= 0.3 is 5.97 Å². The Morgan fingerprint density at radius 1 is 1.43 bits per heavy atom. The van der Waals surface area contributed by atoms with E-state index >= 15 is 0 Å². The number of aromatic amines is 1. The molecule has 14 heavy (non-hydrogen) atoms. The zero-order valence-electron chi connectivity index (χ0n) is 7.87. The summed E-state index contributed by atoms with van der Waals surface area (Å²) in [5.41, 5.74) is 2.13. The smallest absolute Gasteiger partial charge is 0.374 e. The lowest BCUT2D eigenvalue weighted by Gasteiger charge is -1.90. The van der Waals surface area contributed by atoms with Crippen LogP contribution in [0.2, 0.25) is 0 Å². The van der Waals surface area contributed by atoms with Crippen LogP contribution in [-0.4, -0.2) is 28.0 Å². The molecule has 0 atom stereocenters. The Bertz CT molecular complexity index is 490. The van der Waals surface area contributed by atoms with Gasteiger partial charge in [0.1, 0.15) is 0 Å². The van der Waals surface area contributed by atoms with Crippen LogP contribution >= 0.6 is 0 Å². The molecule has 5 nitrogen and oxygen atoms in total. The molecule has 0 aliphatic rings. The van der Waals surface area contributed by atoms with Crippen molar-refractivity contribution >= 4 is 17.1 Å². The number of nitrogens with zero attached hydrogens (tertiary/aromatic N) is 2. The van der Waals surface area contributed by atoms with Crippen LogP contribution in [0.25, 0.3) is 11.2 Å². The zero-order valence-corrected chi connectivity index (χ0v) is 7.87. The van der Waals surface area contributed by atoms with Crippen molar-refractivity contribution in [1.82, 2.24) is 15.0 Å². The topological polar surface area (TPSA) is 67.9 Å². The molecule has 2 rings (SSSR count). The molecule has 0 aliphatic carbocycles. The molecule has 0 bridgehead atoms. The van der Waals surface area contributed by atoms with Crippen molar-refractivity contribution in [2.45, 2.75) is 6.92 Å². The quantitative estimate of drug-likeness (QED) is 0.684. The van der Waals surface area contributed by atoms with E-state index in [1.165, 1.54) is 7.11 Å². The molecule has 1 N–H and O–H groups in total. The third-order valence-corrected chi connectivity index (χ3v) is 1.86. The molecule has 0 unspecified atom stereocenters. The van der Waals surface area contributed by atoms with E-state index < -0.39 is 5.97 Å². The van der Waals surface area contributed by atoms with E-state index in [1.54, 1.807) is 0 Å². The highest BCUT2D eigenvalue weighted by Gasteiger charge is 2.11. The number of esters is 1. The summed E-state index contributed by atoms with van der Waals surface area (Å²) in [4.78, 5) is 22.1. The van der Waals surface area contributed by atoms with Crippen molar-refractivity contribution in [3.63, 3.8) is 0 Å². The van der Waals surface area contributed by atoms with Crippen molar-refractivity contribution in [3.8, 4) is 0 Å². The number of aromatic nitrogens is 3. The number of imidazole rings is 1. The van der Waals surface area contributed by atoms with Crippen molar-refractivity contribution in [3.05, 3.63) is 23.7 Å². The fourth-order valence-electron chi connectivity index (χ4n) is 1.18. The van der Waals surface area contributed by atoms with Crippen molar-refractivity contribution in [2.75, 3.05) is 7.11 Å². The second-order valence-corrected chi connectivity index (χ2v) is 2.90. The number of rotatable bonds is 1. The third-order valence-electron chi connectivity index (χ3n) is 1.86. The second kappa shape index (κ2) is 3.10. The van der Waals surface area contributed by atoms with E-state index in [-0.39, 0.29) is 5.82 Å². The summed E-state index contributed by atoms with van der Waals surface area (Å²) in [5.74, 6) is -0.304. The van der Waals surface area contributed by atoms with Crippen LogP contribution in [0, 0.1) is 6.92 Å². The summed E-state index contributed by atoms with van der Waals surface area (Å²) in [6, 6.07) is 3.68. The van der Waals surface area contributed by atoms with Gasteiger partial charge in [-0.2, -0.15) is 0 Å². The van der Waals surface area contributed by atoms with Gasteiger partial charge in [-0.1, -0.05) is 0 Å². The maximum atomic E-state index is 11.1. The van der Waals surface area contributed by atoms with Gasteiger partial charge in [0.2, 0.25) is 5.82 Å². The van der Waals surface area contributed by atoms with Gasteiger partial charge in [-0.15, -0.1) is 0 Å². The van der Waals surface area contributed by atoms with Crippen molar-refractivity contribution in [2.24, 2.45) is 0 Å². The number of nitrogens with one attached hydrogen (secondary N) is 1. The third kappa shape index (κ3) is 1.32. The highest BCUT2D eigenvalue weighted by atomic mass is 16.5. The van der Waals surface area contributed by atoms with Gasteiger partial charge in [-0.05, 0) is 19.1 Å². The van der Waals surface area contributed by atoms with Gasteiger partial charge in [-0.25, -0.2) is 14.8 Å². The van der Waals surface area contributed by atoms with E-state index in [0.717, 1.165) is 11.2 Å². The molecular weight excluding hydrogens is 182 g/mol. The highest BCUT2D eigenvalue weighted by Crippen LogP contribution is 2.09. The van der Waals surface area contributed by atoms with Gasteiger partial charge in [0.25, 0.3) is 0 Å². The average molecular weight is 191 g/mol. The molecular formula is C9H9N3O2. The Morgan fingerprint density at radius 3 is 2.93 bits per heavy atom. The molecule has 0 radical (unpaired) electrons. The normalized spacial score (nSPS) is 10.4. The Morgan fingerprint density at radius 2 is 2.21 bits per heavy atom. The number of hydrogen-bond acceptors (Lipinski definition) is 4. The van der Waals surface area contributed by atoms with E-state index in [2.05, 4.69) is 19.7 Å². The van der Waals surface area contributed by atoms with E-state index in [0.29, 0.717) is 5.65 Å². The number of carbonyl (C=O) groups is 1. The first kappa shape index (κ1) is 8.68. The van der Waals surface area contributed by atoms with Crippen molar-refractivity contribution < 1.29 is 9.53 Å². The summed E-state index contributed by atoms with van der Waals surface area (Å²) in [6.45, 7) is 1.87. The number of hydrogen-bond donors (Lipinski definition) is 1. The second-order valence-electron chi connectivity index (χ2n) is 2.90. The number of methoxy groups -OCH3 is 1. The Kier molecular flexibility index (Phi) is 1.92. The van der Waals surface area contributed by atoms with Crippen LogP contribution in [0.1, 0.15) is 16.3 Å². The average Bonchev–Trinajstić information content (AvgIpc) is 2.59. The van der Waals surface area contributed by atoms with E-state index in [1.807, 2.05) is 19.1 Å². The molecule has 2 aromatic heterocycles. The Balaban J connectivity index is 2.56. The molecule has 2 heterocycles. The van der Waals surface area contributed by atoms with Crippen LogP contribution in [0.3, 0.4) is 0 Å². The number of aryl methyl sites for hydroxylation is 1. The minimum Gasteiger partial charge on any atom is -0.463 e. The van der Waals surface area contributed by atoms with Gasteiger partial charge in [0.05, 0.1) is 12.6 Å². The summed E-state index contributed by atoms with van der Waals surface area (Å²) >= 11 is 0. The molecule has 0 aromatic carbocycles. The Hall–Kier alpha value is -1.91. The zero-order chi connectivity index (χ0) is 10.1. The lowest BCUT2D eigenvalue weighted by molar-refractivity contribution is 0.0588. The molecule has 0 saturated heterocycles. The van der Waals surface area contributed by atoms with E-state index in [9.17, 15) is 4.79 Å². The first-order chi connectivity index (χ1) is 6.70. The van der Waals surface area contributed by atoms with Gasteiger partial charge in [0.15, 0.2) is 5.65 Å². The maximum Gasteiger partial charge on any atom is 0.374 e. The lowest BCUT2D eigenvalue weighted by atomic mass is 10.4. The molecule has 0 aliphatic heterocycles. The molecule has 2 aromatic rings. The first-order valence-electron chi connectivity index (χ1n) is 4.12. The fourth-order valence-corrected chi connectivity index (χ4v) is 1.18. The van der Waals surface area contributed by atoms with Gasteiger partial charge in [-0.3, -0.25) is 0 Å². The molecule has 0 spiro atoms. The monoisotopic (exact) mass is 191 g/mol. The van der Waals surface area contributed by atoms with Crippen LogP contribution in [0.4, 0.5) is 0 Å². The number of H-pyrrole nitrogens is 1. The summed E-state index contributed by atoms with van der Waals surface area (Å²) in [5, 5.41) is 0. The predicted octanol–water partition coefficient (Wildman–Crippen LogP) is 1.05. The maximum absolute atomic E-state index is 11.1. The number of ether oxygens (including phenoxy) is 1. The van der Waals surface area contributed by atoms with Gasteiger partial charge < -0.3 is 9.72 Å². The van der Waals surface area contributed by atoms with Crippen LogP contribution < -0.4 is 0 Å². The molecule has 72 valence electrons. The first-order valence-corrected chi connectivity index (χ1v) is 4.12. The molecule has 0 fully saturated rings. The molecule has 5 heteroatoms. The summed E-state index contributed by atoms with van der Waals surface area (Å²) in [6.07, 6.45) is 0. The highest BCUT2D eigenvalue weighted by molar-refractivity contribution is 5.89. The number of pyridine rings is 1. The van der Waals surface area contributed by atoms with Crippen LogP contribution in [-0.2, 0) is 4.74 Å². The van der Waals surface area contributed by atoms with E-state index in [4.69, 9.17) is 0 Å². The Labute approximate surface area is 80.1 Å². The largest absolute Gasteiger partial charge is 0.463 e. The minimum atomic E-state index is -0.486. The number of fused-ring (bicyclic) bond motifs is 1. The molecule has 0 amide bonds. The van der Waals surface area contributed by atoms with Crippen LogP contribution in [0.15, 0.2) is 12.1 Å². The lowest BCUT2D eigenvalue weighted by Crippen LogP contribution is -2.02. The molecule has 0 saturated carbocycles. The SMILES string of the molecule is COC(=O)c1nc2nc(C)ccc2[nH]1. The summed E-state index contributed by atoms with van der Waals surface area (Å²) in [7, 11) is 1.31. The summed E-state index contributed by atoms with van der Waals surface area (Å²) < 4.78 is 4.54. The van der Waals surface area contributed by atoms with Gasteiger partial charge in [0, 0.05) is 5.69 Å². The standard InChI is InChI=1S/C9H9N3O2/c1-5-3-4-6-7(10-5)12-8(11-6)9(13)14-2/h3-4H,1-2H3,(H,10,11,12). The fraction of sp³-hybridized carbons (Fsp3) is 0.222. The number of carbonyl (C=O) groups excluding carboxylic acids is 1. The predicted molar refractivity (Wildman–Crippen MR) is 50.0 cm³/mol.